The minimum atomic E-state index is -0.808. The smallest absolute Gasteiger partial charge is 0.271 e. The van der Waals surface area contributed by atoms with Gasteiger partial charge in [-0.3, -0.25) is 14.9 Å². The van der Waals surface area contributed by atoms with Crippen LogP contribution >= 0.6 is 0 Å². The van der Waals surface area contributed by atoms with Crippen molar-refractivity contribution in [1.29, 1.82) is 0 Å². The van der Waals surface area contributed by atoms with Gasteiger partial charge in [-0.1, -0.05) is 5.16 Å². The summed E-state index contributed by atoms with van der Waals surface area (Å²) in [6.07, 6.45) is 1.45. The van der Waals surface area contributed by atoms with Crippen LogP contribution in [0.5, 0.6) is 0 Å². The summed E-state index contributed by atoms with van der Waals surface area (Å²) in [7, 11) is 0. The number of hydrogen-bond donors (Lipinski definition) is 1. The number of aromatic nitrogens is 2. The second kappa shape index (κ2) is 6.58. The number of pyridine rings is 1. The summed E-state index contributed by atoms with van der Waals surface area (Å²) in [5.74, 6) is -1.12. The molecule has 1 amide bonds. The summed E-state index contributed by atoms with van der Waals surface area (Å²) in [6.45, 7) is 1.63. The highest BCUT2D eigenvalue weighted by Gasteiger charge is 2.22. The number of aryl methyl sites for hydroxylation is 1. The summed E-state index contributed by atoms with van der Waals surface area (Å²) in [4.78, 5) is 27.4. The van der Waals surface area contributed by atoms with Crippen molar-refractivity contribution in [2.75, 3.05) is 5.32 Å². The number of nitro benzene ring substituents is 1. The zero-order chi connectivity index (χ0) is 19.8. The van der Waals surface area contributed by atoms with Crippen LogP contribution in [0.25, 0.3) is 22.6 Å². The number of halogens is 1. The van der Waals surface area contributed by atoms with E-state index in [0.29, 0.717) is 22.5 Å². The first-order valence-corrected chi connectivity index (χ1v) is 8.00. The van der Waals surface area contributed by atoms with Gasteiger partial charge < -0.3 is 14.3 Å². The van der Waals surface area contributed by atoms with Crippen LogP contribution in [0.15, 0.2) is 51.6 Å². The molecular formula is C18H11FN4O5. The molecule has 10 heteroatoms. The predicted octanol–water partition coefficient (Wildman–Crippen LogP) is 4.09. The maximum absolute atomic E-state index is 14.0. The van der Waals surface area contributed by atoms with E-state index >= 15 is 0 Å². The molecule has 0 unspecified atom stereocenters. The lowest BCUT2D eigenvalue weighted by atomic mass is 10.1. The van der Waals surface area contributed by atoms with Gasteiger partial charge in [0.25, 0.3) is 17.3 Å². The molecule has 28 heavy (non-hydrogen) atoms. The number of fused-ring (bicyclic) bond motifs is 1. The molecule has 9 nitrogen and oxygen atoms in total. The number of non-ortho nitro benzene ring substituents is 1. The number of nitro groups is 1. The summed E-state index contributed by atoms with van der Waals surface area (Å²) < 4.78 is 24.5. The van der Waals surface area contributed by atoms with E-state index in [-0.39, 0.29) is 22.7 Å². The largest absolute Gasteiger partial charge is 0.463 e. The van der Waals surface area contributed by atoms with Crippen molar-refractivity contribution in [3.63, 3.8) is 0 Å². The van der Waals surface area contributed by atoms with Gasteiger partial charge in [-0.05, 0) is 31.2 Å². The second-order valence-electron chi connectivity index (χ2n) is 5.86. The number of nitrogens with one attached hydrogen (secondary N) is 1. The number of carbonyl (C=O) groups is 1. The minimum Gasteiger partial charge on any atom is -0.463 e. The lowest BCUT2D eigenvalue weighted by Gasteiger charge is -2.08. The van der Waals surface area contributed by atoms with Gasteiger partial charge in [0.15, 0.2) is 5.76 Å². The van der Waals surface area contributed by atoms with Gasteiger partial charge in [0, 0.05) is 12.1 Å². The summed E-state index contributed by atoms with van der Waals surface area (Å²) in [5.41, 5.74) is 0.278. The maximum atomic E-state index is 14.0. The Balaban J connectivity index is 1.80. The van der Waals surface area contributed by atoms with E-state index in [1.54, 1.807) is 19.1 Å². The van der Waals surface area contributed by atoms with Crippen LogP contribution in [0, 0.1) is 22.9 Å². The Morgan fingerprint density at radius 3 is 2.82 bits per heavy atom. The van der Waals surface area contributed by atoms with Crippen LogP contribution in [0.4, 0.5) is 15.8 Å². The van der Waals surface area contributed by atoms with Crippen LogP contribution in [0.1, 0.15) is 16.1 Å². The molecular weight excluding hydrogens is 371 g/mol. The van der Waals surface area contributed by atoms with Crippen LogP contribution in [0.3, 0.4) is 0 Å². The SMILES string of the molecule is Cc1noc2nc(-c3ccco3)cc(C(=O)Nc3cc([N+](=O)[O-])ccc3F)c12. The van der Waals surface area contributed by atoms with Crippen molar-refractivity contribution in [2.24, 2.45) is 0 Å². The maximum Gasteiger partial charge on any atom is 0.271 e. The average Bonchev–Trinajstić information content (AvgIpc) is 3.33. The van der Waals surface area contributed by atoms with Crippen LogP contribution in [-0.2, 0) is 0 Å². The topological polar surface area (TPSA) is 124 Å². The molecule has 0 aliphatic rings. The zero-order valence-corrected chi connectivity index (χ0v) is 14.3. The molecule has 0 fully saturated rings. The first-order chi connectivity index (χ1) is 13.4. The van der Waals surface area contributed by atoms with Crippen LogP contribution < -0.4 is 5.32 Å². The number of benzene rings is 1. The number of furan rings is 1. The number of amides is 1. The third-order valence-electron chi connectivity index (χ3n) is 4.04. The van der Waals surface area contributed by atoms with E-state index in [9.17, 15) is 19.3 Å². The van der Waals surface area contributed by atoms with Crippen LogP contribution in [0.2, 0.25) is 0 Å². The van der Waals surface area contributed by atoms with Gasteiger partial charge in [0.05, 0.1) is 33.5 Å². The van der Waals surface area contributed by atoms with Crippen molar-refractivity contribution in [3.8, 4) is 11.5 Å². The number of anilines is 1. The third-order valence-corrected chi connectivity index (χ3v) is 4.04. The quantitative estimate of drug-likeness (QED) is 0.416. The van der Waals surface area contributed by atoms with Crippen molar-refractivity contribution in [1.82, 2.24) is 10.1 Å². The Labute approximate surface area is 155 Å². The zero-order valence-electron chi connectivity index (χ0n) is 14.3. The molecule has 0 saturated heterocycles. The molecule has 0 spiro atoms. The fourth-order valence-corrected chi connectivity index (χ4v) is 2.74. The number of rotatable bonds is 4. The van der Waals surface area contributed by atoms with Crippen molar-refractivity contribution >= 4 is 28.4 Å². The molecule has 0 radical (unpaired) electrons. The standard InChI is InChI=1S/C18H11FN4O5/c1-9-16-11(8-14(15-3-2-6-27-15)21-18(16)28-22-9)17(24)20-13-7-10(23(25)26)4-5-12(13)19/h2-8H,1H3,(H,20,24). The highest BCUT2D eigenvalue weighted by atomic mass is 19.1. The molecule has 0 atom stereocenters. The Morgan fingerprint density at radius 2 is 2.11 bits per heavy atom. The number of hydrogen-bond acceptors (Lipinski definition) is 7. The first-order valence-electron chi connectivity index (χ1n) is 8.00. The van der Waals surface area contributed by atoms with Gasteiger partial charge in [0.1, 0.15) is 11.5 Å². The van der Waals surface area contributed by atoms with Gasteiger partial charge in [-0.2, -0.15) is 0 Å². The van der Waals surface area contributed by atoms with Crippen molar-refractivity contribution in [3.05, 3.63) is 69.9 Å². The molecule has 3 heterocycles. The Kier molecular flexibility index (Phi) is 4.07. The van der Waals surface area contributed by atoms with E-state index < -0.39 is 16.6 Å². The van der Waals surface area contributed by atoms with E-state index in [1.165, 1.54) is 12.3 Å². The molecule has 4 rings (SSSR count). The van der Waals surface area contributed by atoms with Gasteiger partial charge in [0.2, 0.25) is 0 Å². The summed E-state index contributed by atoms with van der Waals surface area (Å²) >= 11 is 0. The average molecular weight is 382 g/mol. The van der Waals surface area contributed by atoms with Crippen molar-refractivity contribution in [2.45, 2.75) is 6.92 Å². The van der Waals surface area contributed by atoms with Crippen molar-refractivity contribution < 1.29 is 23.0 Å². The fraction of sp³-hybridized carbons (Fsp3) is 0.0556. The normalized spacial score (nSPS) is 10.9. The lowest BCUT2D eigenvalue weighted by Crippen LogP contribution is -2.14. The third kappa shape index (κ3) is 2.96. The minimum absolute atomic E-state index is 0.107. The van der Waals surface area contributed by atoms with Crippen LogP contribution in [-0.4, -0.2) is 21.0 Å². The van der Waals surface area contributed by atoms with Gasteiger partial charge in [-0.25, -0.2) is 9.37 Å². The molecule has 0 bridgehead atoms. The molecule has 140 valence electrons. The Hall–Kier alpha value is -4.08. The number of nitrogens with zero attached hydrogens (tertiary/aromatic N) is 3. The Bertz CT molecular complexity index is 1220. The molecule has 1 aromatic carbocycles. The molecule has 4 aromatic rings. The van der Waals surface area contributed by atoms with E-state index in [2.05, 4.69) is 15.5 Å². The van der Waals surface area contributed by atoms with Gasteiger partial charge in [-0.15, -0.1) is 0 Å². The first kappa shape index (κ1) is 17.3. The van der Waals surface area contributed by atoms with E-state index in [4.69, 9.17) is 8.94 Å². The van der Waals surface area contributed by atoms with Gasteiger partial charge >= 0.3 is 0 Å². The lowest BCUT2D eigenvalue weighted by molar-refractivity contribution is -0.384. The monoisotopic (exact) mass is 382 g/mol. The highest BCUT2D eigenvalue weighted by molar-refractivity contribution is 6.13. The summed E-state index contributed by atoms with van der Waals surface area (Å²) in [6, 6.07) is 7.63. The highest BCUT2D eigenvalue weighted by Crippen LogP contribution is 2.29. The number of carbonyl (C=O) groups excluding carboxylic acids is 1. The second-order valence-corrected chi connectivity index (χ2v) is 5.86. The molecule has 1 N–H and O–H groups in total. The molecule has 3 aromatic heterocycles. The molecule has 0 aliphatic carbocycles. The Morgan fingerprint density at radius 1 is 1.29 bits per heavy atom. The molecule has 0 aliphatic heterocycles. The fourth-order valence-electron chi connectivity index (χ4n) is 2.74. The van der Waals surface area contributed by atoms with E-state index in [0.717, 1.165) is 18.2 Å². The van der Waals surface area contributed by atoms with E-state index in [1.807, 2.05) is 0 Å². The molecule has 0 saturated carbocycles. The predicted molar refractivity (Wildman–Crippen MR) is 95.3 cm³/mol. The summed E-state index contributed by atoms with van der Waals surface area (Å²) in [5, 5.41) is 17.4.